The van der Waals surface area contributed by atoms with Crippen molar-refractivity contribution in [2.75, 3.05) is 6.17 Å². The summed E-state index contributed by atoms with van der Waals surface area (Å²) in [5, 5.41) is 0. The van der Waals surface area contributed by atoms with E-state index in [0.717, 1.165) is 6.17 Å². The van der Waals surface area contributed by atoms with Gasteiger partial charge in [0, 0.05) is 0 Å². The lowest BCUT2D eigenvalue weighted by atomic mass is 11.5. The second-order valence-electron chi connectivity index (χ2n) is 6.69. The molecule has 0 aliphatic rings. The van der Waals surface area contributed by atoms with Crippen molar-refractivity contribution >= 4 is 24.7 Å². The van der Waals surface area contributed by atoms with E-state index >= 15 is 0 Å². The van der Waals surface area contributed by atoms with E-state index in [1.54, 1.807) is 0 Å². The summed E-state index contributed by atoms with van der Waals surface area (Å²) in [4.78, 5) is 0. The molecule has 0 aromatic carbocycles. The smallest absolute Gasteiger partial charge is 0.122 e. The van der Waals surface area contributed by atoms with E-state index in [-0.39, 0.29) is 0 Å². The Hall–Kier alpha value is 0.571. The van der Waals surface area contributed by atoms with Crippen LogP contribution in [-0.2, 0) is 0 Å². The molecule has 0 aliphatic carbocycles. The molecule has 5 heteroatoms. The number of hydrogen-bond acceptors (Lipinski definition) is 2. The lowest BCUT2D eigenvalue weighted by Crippen LogP contribution is -2.72. The van der Waals surface area contributed by atoms with Gasteiger partial charge in [0.15, 0.2) is 0 Å². The first-order valence-corrected chi connectivity index (χ1v) is 15.5. The molecule has 0 aromatic rings. The minimum Gasteiger partial charge on any atom is -0.368 e. The quantitative estimate of drug-likeness (QED) is 0.775. The van der Waals surface area contributed by atoms with E-state index in [1.165, 1.54) is 0 Å². The molecule has 0 saturated carbocycles. The van der Waals surface area contributed by atoms with Gasteiger partial charge in [-0.1, -0.05) is 52.4 Å². The average Bonchev–Trinajstić information content (AvgIpc) is 1.79. The molecular formula is C9H28N2Si3. The average molecular weight is 249 g/mol. The van der Waals surface area contributed by atoms with Crippen molar-refractivity contribution in [2.24, 2.45) is 5.73 Å². The number of nitrogens with zero attached hydrogens (tertiary/aromatic N) is 1. The first kappa shape index (κ1) is 14.6. The maximum absolute atomic E-state index is 5.97. The second kappa shape index (κ2) is 4.21. The van der Waals surface area contributed by atoms with E-state index in [2.05, 4.69) is 56.3 Å². The third kappa shape index (κ3) is 3.62. The largest absolute Gasteiger partial charge is 0.368 e. The van der Waals surface area contributed by atoms with Crippen molar-refractivity contribution in [1.82, 2.24) is 3.90 Å². The Bertz CT molecular complexity index is 177. The van der Waals surface area contributed by atoms with E-state index in [1.807, 2.05) is 0 Å². The molecule has 0 amide bonds. The number of hydrogen-bond donors (Lipinski definition) is 1. The summed E-state index contributed by atoms with van der Waals surface area (Å²) in [6.07, 6.45) is 0.890. The summed E-state index contributed by atoms with van der Waals surface area (Å²) in [6.45, 7) is 19.6. The lowest BCUT2D eigenvalue weighted by molar-refractivity contribution is 0.878. The molecule has 0 aliphatic heterocycles. The highest BCUT2D eigenvalue weighted by atomic mass is 28.5. The zero-order valence-electron chi connectivity index (χ0n) is 11.2. The monoisotopic (exact) mass is 248 g/mol. The van der Waals surface area contributed by atoms with Gasteiger partial charge in [0.1, 0.15) is 24.7 Å². The van der Waals surface area contributed by atoms with Crippen LogP contribution in [0, 0.1) is 0 Å². The maximum atomic E-state index is 5.97. The molecule has 2 N–H and O–H groups in total. The fourth-order valence-electron chi connectivity index (χ4n) is 2.91. The third-order valence-corrected chi connectivity index (χ3v) is 19.0. The molecule has 0 heterocycles. The normalized spacial score (nSPS) is 15.0. The molecule has 0 aromatic heterocycles. The molecule has 0 bridgehead atoms. The van der Waals surface area contributed by atoms with Crippen LogP contribution in [-0.4, -0.2) is 34.8 Å². The maximum Gasteiger partial charge on any atom is 0.122 e. The standard InChI is InChI=1S/C9H28N2Si3/c1-12(2,3)11(13(4,5)6)14(7,8)9-10/h9-10H2,1-8H3. The van der Waals surface area contributed by atoms with Gasteiger partial charge < -0.3 is 9.63 Å². The zero-order chi connectivity index (χ0) is 11.8. The Morgan fingerprint density at radius 1 is 0.786 bits per heavy atom. The summed E-state index contributed by atoms with van der Waals surface area (Å²) in [5.74, 6) is 0. The number of nitrogens with two attached hydrogens (primary N) is 1. The van der Waals surface area contributed by atoms with Crippen molar-refractivity contribution in [3.63, 3.8) is 0 Å². The molecule has 86 valence electrons. The van der Waals surface area contributed by atoms with Crippen molar-refractivity contribution < 1.29 is 0 Å². The summed E-state index contributed by atoms with van der Waals surface area (Å²) in [6, 6.07) is 0. The predicted molar refractivity (Wildman–Crippen MR) is 75.1 cm³/mol. The second-order valence-corrected chi connectivity index (χ2v) is 22.1. The van der Waals surface area contributed by atoms with Crippen molar-refractivity contribution in [3.8, 4) is 0 Å². The summed E-state index contributed by atoms with van der Waals surface area (Å²) < 4.78 is 2.91. The highest BCUT2D eigenvalue weighted by Gasteiger charge is 2.43. The zero-order valence-corrected chi connectivity index (χ0v) is 14.2. The van der Waals surface area contributed by atoms with Gasteiger partial charge in [-0.25, -0.2) is 0 Å². The molecule has 2 nitrogen and oxygen atoms in total. The van der Waals surface area contributed by atoms with Crippen LogP contribution >= 0.6 is 0 Å². The van der Waals surface area contributed by atoms with Crippen molar-refractivity contribution in [1.29, 1.82) is 0 Å². The van der Waals surface area contributed by atoms with Gasteiger partial charge in [-0.15, -0.1) is 0 Å². The molecular weight excluding hydrogens is 220 g/mol. The van der Waals surface area contributed by atoms with E-state index in [4.69, 9.17) is 5.73 Å². The molecule has 0 atom stereocenters. The summed E-state index contributed by atoms with van der Waals surface area (Å²) in [7, 11) is -3.75. The van der Waals surface area contributed by atoms with Crippen LogP contribution < -0.4 is 5.73 Å². The molecule has 0 fully saturated rings. The third-order valence-electron chi connectivity index (χ3n) is 2.45. The first-order valence-electron chi connectivity index (χ1n) is 5.43. The number of rotatable bonds is 4. The minimum absolute atomic E-state index is 0.890. The topological polar surface area (TPSA) is 29.3 Å². The highest BCUT2D eigenvalue weighted by molar-refractivity contribution is 7.03. The van der Waals surface area contributed by atoms with Crippen molar-refractivity contribution in [2.45, 2.75) is 52.4 Å². The SMILES string of the molecule is C[Si](C)(C)N([Si](C)(C)C)[Si](C)(C)CN. The van der Waals surface area contributed by atoms with Gasteiger partial charge in [-0.2, -0.15) is 0 Å². The molecule has 0 unspecified atom stereocenters. The first-order chi connectivity index (χ1) is 5.93. The Morgan fingerprint density at radius 3 is 1.14 bits per heavy atom. The van der Waals surface area contributed by atoms with Crippen LogP contribution in [0.25, 0.3) is 0 Å². The van der Waals surface area contributed by atoms with Gasteiger partial charge >= 0.3 is 0 Å². The summed E-state index contributed by atoms with van der Waals surface area (Å²) in [5.41, 5.74) is 5.97. The van der Waals surface area contributed by atoms with Gasteiger partial charge in [-0.3, -0.25) is 0 Å². The lowest BCUT2D eigenvalue weighted by Gasteiger charge is -2.52. The fraction of sp³-hybridized carbons (Fsp3) is 1.00. The van der Waals surface area contributed by atoms with Crippen LogP contribution in [0.2, 0.25) is 52.4 Å². The van der Waals surface area contributed by atoms with Crippen LogP contribution in [0.5, 0.6) is 0 Å². The van der Waals surface area contributed by atoms with Gasteiger partial charge in [-0.05, 0) is 6.17 Å². The van der Waals surface area contributed by atoms with Gasteiger partial charge in [0.25, 0.3) is 0 Å². The Balaban J connectivity index is 5.14. The van der Waals surface area contributed by atoms with Crippen molar-refractivity contribution in [3.05, 3.63) is 0 Å². The predicted octanol–water partition coefficient (Wildman–Crippen LogP) is 2.66. The molecule has 0 rings (SSSR count). The van der Waals surface area contributed by atoms with Crippen LogP contribution in [0.3, 0.4) is 0 Å². The minimum atomic E-state index is -1.34. The van der Waals surface area contributed by atoms with E-state index < -0.39 is 24.7 Å². The van der Waals surface area contributed by atoms with Crippen LogP contribution in [0.15, 0.2) is 0 Å². The van der Waals surface area contributed by atoms with E-state index in [0.29, 0.717) is 0 Å². The summed E-state index contributed by atoms with van der Waals surface area (Å²) >= 11 is 0. The molecule has 0 radical (unpaired) electrons. The van der Waals surface area contributed by atoms with Crippen LogP contribution in [0.1, 0.15) is 0 Å². The van der Waals surface area contributed by atoms with Gasteiger partial charge in [0.2, 0.25) is 0 Å². The fourth-order valence-corrected chi connectivity index (χ4v) is 26.2. The molecule has 0 saturated heterocycles. The van der Waals surface area contributed by atoms with Crippen LogP contribution in [0.4, 0.5) is 0 Å². The molecule has 0 spiro atoms. The Morgan fingerprint density at radius 2 is 1.07 bits per heavy atom. The van der Waals surface area contributed by atoms with E-state index in [9.17, 15) is 0 Å². The molecule has 14 heavy (non-hydrogen) atoms. The Labute approximate surface area is 93.1 Å². The Kier molecular flexibility index (Phi) is 4.38. The van der Waals surface area contributed by atoms with Gasteiger partial charge in [0.05, 0.1) is 0 Å². The highest BCUT2D eigenvalue weighted by Crippen LogP contribution is 2.26.